The van der Waals surface area contributed by atoms with Crippen molar-refractivity contribution < 1.29 is 149 Å². The van der Waals surface area contributed by atoms with Crippen molar-refractivity contribution in [3.8, 4) is 0 Å². The van der Waals surface area contributed by atoms with Gasteiger partial charge < -0.3 is 14.4 Å². The molecule has 0 aliphatic heterocycles. The van der Waals surface area contributed by atoms with Gasteiger partial charge in [-0.05, 0) is 79.1 Å². The molecule has 0 aromatic carbocycles. The van der Waals surface area contributed by atoms with Crippen molar-refractivity contribution in [1.29, 1.82) is 0 Å². The van der Waals surface area contributed by atoms with Gasteiger partial charge in [0, 0.05) is 185 Å². The van der Waals surface area contributed by atoms with Crippen molar-refractivity contribution >= 4 is 179 Å². The van der Waals surface area contributed by atoms with Crippen LogP contribution in [0.25, 0.3) is 0 Å². The van der Waals surface area contributed by atoms with E-state index in [1.54, 1.807) is 6.92 Å². The van der Waals surface area contributed by atoms with Gasteiger partial charge in [-0.25, -0.2) is 0 Å². The lowest BCUT2D eigenvalue weighted by atomic mass is 10.1. The summed E-state index contributed by atoms with van der Waals surface area (Å²) < 4.78 is 0. The van der Waals surface area contributed by atoms with E-state index in [2.05, 4.69) is 0 Å². The first-order chi connectivity index (χ1) is 51.6. The van der Waals surface area contributed by atoms with Gasteiger partial charge in [0.15, 0.2) is 81.0 Å². The Morgan fingerprint density at radius 2 is 0.393 bits per heavy atom. The Bertz CT molecular complexity index is 3330. The number of unbranched alkanes of at least 4 members (excludes halogenated alkanes) is 4. The molecule has 0 saturated heterocycles. The second kappa shape index (κ2) is 76.2. The normalized spacial score (nSPS) is 9.45. The third-order valence-corrected chi connectivity index (χ3v) is 14.0. The molecular formula is C81H118O31. The van der Waals surface area contributed by atoms with Crippen LogP contribution < -0.4 is 0 Å². The van der Waals surface area contributed by atoms with Crippen molar-refractivity contribution in [1.82, 2.24) is 0 Å². The maximum absolute atomic E-state index is 10.9. The summed E-state index contributed by atoms with van der Waals surface area (Å²) in [6, 6.07) is 0. The van der Waals surface area contributed by atoms with Gasteiger partial charge in [0.2, 0.25) is 34.7 Å². The van der Waals surface area contributed by atoms with E-state index < -0.39 is 116 Å². The topological polar surface area (TPSA) is 529 Å². The van der Waals surface area contributed by atoms with Crippen LogP contribution in [-0.4, -0.2) is 179 Å². The van der Waals surface area contributed by atoms with E-state index in [0.717, 1.165) is 59.8 Å². The van der Waals surface area contributed by atoms with Crippen molar-refractivity contribution in [2.45, 2.75) is 330 Å². The molecule has 0 radical (unpaired) electrons. The summed E-state index contributed by atoms with van der Waals surface area (Å²) in [5.74, 6) is -13.2. The summed E-state index contributed by atoms with van der Waals surface area (Å²) in [4.78, 5) is 330. The summed E-state index contributed by atoms with van der Waals surface area (Å²) in [7, 11) is 0. The van der Waals surface area contributed by atoms with Crippen LogP contribution in [-0.2, 0) is 149 Å². The monoisotopic (exact) mass is 1590 g/mol. The molecule has 31 heteroatoms. The SMILES string of the molecule is CC(=O)C(=O)CCCC(=O)C(C)=O.CC(=O)CC(=O)CCC(=O)C(C)=O.CC(=O)CCC(=O)CC(=O)C(C)=O.CC(=O)CCCC(=O)C(=O)C(C)=O.CC(=O)CCCCC(=O)C(C)=O.CCC(=O)CCCC(=O)C(C)=O.CCCC(=O)CCC(=O)C(C)=O.CCCCC(=O)CC(=O)C(C)=O.CCCCCC(=O)C(=O)C(C)=O. The third-order valence-electron chi connectivity index (χ3n) is 14.0. The standard InChI is InChI=1S/4C9H12O4.5C9H14O3/c1-6(10)5-8(12)3-4-9(13)7(2)11;1-6(10)3-4-8(12)5-9(13)7(2)11;1-6(10)8(12)4-3-5-9(13)7(2)11;1-6(10)4-3-5-8(12)9(13)7(2)11;1-7(10)5-3-4-6-9(12)8(2)11;1-3-8(11)5-4-6-9(12)7(2)10;1-3-4-8(11)5-6-9(12)7(2)10;1-3-4-5-8(11)6-9(12)7(2)10;1-3-4-5-6-8(11)9(12)7(2)10/h4*3-5H2,1-2H3;5*3-6H2,1-2H3. The van der Waals surface area contributed by atoms with Crippen LogP contribution in [0.2, 0.25) is 0 Å². The molecule has 112 heavy (non-hydrogen) atoms. The van der Waals surface area contributed by atoms with E-state index in [1.165, 1.54) is 69.2 Å². The lowest BCUT2D eigenvalue weighted by Crippen LogP contribution is -2.21. The second-order valence-electron chi connectivity index (χ2n) is 25.4. The largest absolute Gasteiger partial charge is 0.300 e. The molecule has 0 aromatic heterocycles. The number of hydrogen-bond acceptors (Lipinski definition) is 31. The van der Waals surface area contributed by atoms with Gasteiger partial charge in [-0.2, -0.15) is 0 Å². The van der Waals surface area contributed by atoms with Gasteiger partial charge >= 0.3 is 0 Å². The molecular weight excluding hydrogens is 1470 g/mol. The minimum Gasteiger partial charge on any atom is -0.300 e. The van der Waals surface area contributed by atoms with E-state index in [0.29, 0.717) is 64.2 Å². The minimum atomic E-state index is -0.969. The van der Waals surface area contributed by atoms with Crippen LogP contribution in [0, 0.1) is 0 Å². The summed E-state index contributed by atoms with van der Waals surface area (Å²) >= 11 is 0. The van der Waals surface area contributed by atoms with Crippen molar-refractivity contribution in [2.75, 3.05) is 0 Å². The molecule has 628 valence electrons. The first-order valence-electron chi connectivity index (χ1n) is 36.6. The van der Waals surface area contributed by atoms with E-state index in [1.807, 2.05) is 20.8 Å². The first kappa shape index (κ1) is 120. The number of ketones is 31. The molecule has 0 unspecified atom stereocenters. The highest BCUT2D eigenvalue weighted by molar-refractivity contribution is 6.64. The number of rotatable bonds is 54. The molecule has 0 saturated carbocycles. The maximum Gasteiger partial charge on any atom is 0.263 e. The van der Waals surface area contributed by atoms with Crippen LogP contribution >= 0.6 is 0 Å². The number of Topliss-reactive ketones (excluding diaryl/α,β-unsaturated/α-hetero) is 31. The Morgan fingerprint density at radius 1 is 0.152 bits per heavy atom. The van der Waals surface area contributed by atoms with Gasteiger partial charge in [-0.1, -0.05) is 47.0 Å². The average Bonchev–Trinajstić information content (AvgIpc) is 0.958. The van der Waals surface area contributed by atoms with Crippen LogP contribution in [0.5, 0.6) is 0 Å². The molecule has 0 rings (SSSR count). The summed E-state index contributed by atoms with van der Waals surface area (Å²) in [6.45, 7) is 25.1. The predicted octanol–water partition coefficient (Wildman–Crippen LogP) is 8.36. The molecule has 0 spiro atoms. The van der Waals surface area contributed by atoms with Gasteiger partial charge in [-0.3, -0.25) is 134 Å². The van der Waals surface area contributed by atoms with Gasteiger partial charge in [-0.15, -0.1) is 0 Å². The summed E-state index contributed by atoms with van der Waals surface area (Å²) in [5, 5.41) is 0. The molecule has 0 aliphatic rings. The Morgan fingerprint density at radius 3 is 0.696 bits per heavy atom. The number of carbonyl (C=O) groups excluding carboxylic acids is 31. The smallest absolute Gasteiger partial charge is 0.263 e. The van der Waals surface area contributed by atoms with Crippen molar-refractivity contribution in [3.63, 3.8) is 0 Å². The minimum absolute atomic E-state index is 0.0159. The fourth-order valence-corrected chi connectivity index (χ4v) is 7.15. The van der Waals surface area contributed by atoms with Crippen LogP contribution in [0.15, 0.2) is 0 Å². The molecule has 0 fully saturated rings. The molecule has 31 nitrogen and oxygen atoms in total. The zero-order valence-electron chi connectivity index (χ0n) is 68.8. The quantitative estimate of drug-likeness (QED) is 0.0313. The Balaban J connectivity index is -0.000000152. The molecule has 0 bridgehead atoms. The van der Waals surface area contributed by atoms with Crippen LogP contribution in [0.4, 0.5) is 0 Å². The number of carbonyl (C=O) groups is 31. The van der Waals surface area contributed by atoms with Gasteiger partial charge in [0.25, 0.3) is 11.6 Å². The fourth-order valence-electron chi connectivity index (χ4n) is 7.15. The van der Waals surface area contributed by atoms with Gasteiger partial charge in [0.1, 0.15) is 52.0 Å². The molecule has 0 amide bonds. The lowest BCUT2D eigenvalue weighted by molar-refractivity contribution is -0.143. The Labute approximate surface area is 655 Å². The molecule has 0 atom stereocenters. The van der Waals surface area contributed by atoms with Crippen molar-refractivity contribution in [3.05, 3.63) is 0 Å². The van der Waals surface area contributed by atoms with Gasteiger partial charge in [0.05, 0.1) is 19.3 Å². The molecule has 0 heterocycles. The van der Waals surface area contributed by atoms with E-state index in [4.69, 9.17) is 0 Å². The summed E-state index contributed by atoms with van der Waals surface area (Å²) in [6.07, 6.45) is 10.7. The highest BCUT2D eigenvalue weighted by Gasteiger charge is 2.20. The average molecular weight is 1590 g/mol. The predicted molar refractivity (Wildman–Crippen MR) is 405 cm³/mol. The molecule has 0 aliphatic carbocycles. The zero-order valence-corrected chi connectivity index (χ0v) is 68.8. The second-order valence-corrected chi connectivity index (χ2v) is 25.4. The Kier molecular flexibility index (Phi) is 81.6. The van der Waals surface area contributed by atoms with E-state index >= 15 is 0 Å². The highest BCUT2D eigenvalue weighted by atomic mass is 16.2. The van der Waals surface area contributed by atoms with E-state index in [-0.39, 0.29) is 173 Å². The maximum atomic E-state index is 10.9. The molecule has 0 N–H and O–H groups in total. The van der Waals surface area contributed by atoms with E-state index in [9.17, 15) is 149 Å². The lowest BCUT2D eigenvalue weighted by Gasteiger charge is -1.95. The van der Waals surface area contributed by atoms with Crippen LogP contribution in [0.1, 0.15) is 330 Å². The van der Waals surface area contributed by atoms with Crippen molar-refractivity contribution in [2.24, 2.45) is 0 Å². The van der Waals surface area contributed by atoms with Crippen LogP contribution in [0.3, 0.4) is 0 Å². The number of hydrogen-bond donors (Lipinski definition) is 0. The summed E-state index contributed by atoms with van der Waals surface area (Å²) in [5.41, 5.74) is 0. The highest BCUT2D eigenvalue weighted by Crippen LogP contribution is 2.07. The Hall–Kier alpha value is -10.2. The molecule has 0 aromatic rings. The zero-order chi connectivity index (χ0) is 89.5. The third kappa shape index (κ3) is 90.4. The fraction of sp³-hybridized carbons (Fsp3) is 0.617. The first-order valence-corrected chi connectivity index (χ1v) is 36.6.